The van der Waals surface area contributed by atoms with Gasteiger partial charge in [0.1, 0.15) is 0 Å². The SMILES string of the molecule is Nc1nc(=O)n([C@]2(F)C[C@@H](CO)C2)cc1F. The fourth-order valence-electron chi connectivity index (χ4n) is 1.88. The molecule has 0 aliphatic heterocycles. The lowest BCUT2D eigenvalue weighted by Gasteiger charge is -2.41. The van der Waals surface area contributed by atoms with Gasteiger partial charge < -0.3 is 10.8 Å². The van der Waals surface area contributed by atoms with Crippen LogP contribution in [0.5, 0.6) is 0 Å². The monoisotopic (exact) mass is 231 g/mol. The van der Waals surface area contributed by atoms with Crippen LogP contribution in [-0.4, -0.2) is 21.3 Å². The fraction of sp³-hybridized carbons (Fsp3) is 0.556. The first-order valence-corrected chi connectivity index (χ1v) is 4.81. The van der Waals surface area contributed by atoms with E-state index in [0.717, 1.165) is 6.20 Å². The van der Waals surface area contributed by atoms with E-state index >= 15 is 0 Å². The molecule has 1 saturated carbocycles. The van der Waals surface area contributed by atoms with Gasteiger partial charge in [0.15, 0.2) is 17.4 Å². The molecule has 2 rings (SSSR count). The van der Waals surface area contributed by atoms with E-state index in [9.17, 15) is 13.6 Å². The Hall–Kier alpha value is -1.50. The number of hydrogen-bond acceptors (Lipinski definition) is 4. The Morgan fingerprint density at radius 1 is 1.69 bits per heavy atom. The Labute approximate surface area is 89.5 Å². The zero-order chi connectivity index (χ0) is 11.9. The Morgan fingerprint density at radius 2 is 2.31 bits per heavy atom. The van der Waals surface area contributed by atoms with Crippen molar-refractivity contribution in [2.45, 2.75) is 18.6 Å². The predicted molar refractivity (Wildman–Crippen MR) is 51.8 cm³/mol. The minimum absolute atomic E-state index is 0.0194. The molecule has 1 aromatic rings. The van der Waals surface area contributed by atoms with Crippen molar-refractivity contribution in [3.05, 3.63) is 22.5 Å². The predicted octanol–water partition coefficient (Wildman–Crippen LogP) is -0.0108. The third-order valence-corrected chi connectivity index (χ3v) is 2.80. The number of aliphatic hydroxyl groups excluding tert-OH is 1. The molecule has 3 N–H and O–H groups in total. The van der Waals surface area contributed by atoms with Crippen molar-refractivity contribution in [1.29, 1.82) is 0 Å². The number of aliphatic hydroxyl groups is 1. The molecule has 0 spiro atoms. The number of alkyl halides is 1. The van der Waals surface area contributed by atoms with Gasteiger partial charge in [0.05, 0.1) is 6.20 Å². The van der Waals surface area contributed by atoms with Gasteiger partial charge in [-0.05, 0) is 5.92 Å². The summed E-state index contributed by atoms with van der Waals surface area (Å²) in [4.78, 5) is 14.5. The molecule has 7 heteroatoms. The van der Waals surface area contributed by atoms with Crippen LogP contribution in [0.2, 0.25) is 0 Å². The molecule has 1 aromatic heterocycles. The highest BCUT2D eigenvalue weighted by Gasteiger charge is 2.47. The lowest BCUT2D eigenvalue weighted by molar-refractivity contribution is -0.0856. The van der Waals surface area contributed by atoms with E-state index in [1.807, 2.05) is 0 Å². The van der Waals surface area contributed by atoms with Crippen molar-refractivity contribution in [2.24, 2.45) is 5.92 Å². The molecule has 0 aromatic carbocycles. The van der Waals surface area contributed by atoms with Crippen LogP contribution in [-0.2, 0) is 5.79 Å². The van der Waals surface area contributed by atoms with Gasteiger partial charge in [0.2, 0.25) is 0 Å². The zero-order valence-electron chi connectivity index (χ0n) is 8.36. The molecule has 0 bridgehead atoms. The van der Waals surface area contributed by atoms with Crippen molar-refractivity contribution >= 4 is 5.82 Å². The van der Waals surface area contributed by atoms with Gasteiger partial charge in [0.25, 0.3) is 0 Å². The summed E-state index contributed by atoms with van der Waals surface area (Å²) < 4.78 is 27.7. The number of nitrogens with zero attached hydrogens (tertiary/aromatic N) is 2. The maximum atomic E-state index is 14.1. The fourth-order valence-corrected chi connectivity index (χ4v) is 1.88. The number of nitrogen functional groups attached to an aromatic ring is 1. The van der Waals surface area contributed by atoms with E-state index in [2.05, 4.69) is 4.98 Å². The molecule has 1 fully saturated rings. The highest BCUT2D eigenvalue weighted by atomic mass is 19.1. The van der Waals surface area contributed by atoms with Gasteiger partial charge >= 0.3 is 5.69 Å². The summed E-state index contributed by atoms with van der Waals surface area (Å²) in [6, 6.07) is 0. The molecule has 0 amide bonds. The normalized spacial score (nSPS) is 28.8. The highest BCUT2D eigenvalue weighted by molar-refractivity contribution is 5.26. The second-order valence-electron chi connectivity index (χ2n) is 4.00. The van der Waals surface area contributed by atoms with Gasteiger partial charge in [-0.3, -0.25) is 4.57 Å². The van der Waals surface area contributed by atoms with Crippen LogP contribution in [0.4, 0.5) is 14.6 Å². The van der Waals surface area contributed by atoms with E-state index in [0.29, 0.717) is 4.57 Å². The number of aromatic nitrogens is 2. The molecule has 88 valence electrons. The van der Waals surface area contributed by atoms with E-state index in [1.165, 1.54) is 0 Å². The first-order chi connectivity index (χ1) is 7.46. The third kappa shape index (κ3) is 1.57. The third-order valence-electron chi connectivity index (χ3n) is 2.80. The maximum absolute atomic E-state index is 14.1. The highest BCUT2D eigenvalue weighted by Crippen LogP contribution is 2.44. The summed E-state index contributed by atoms with van der Waals surface area (Å²) in [6.45, 7) is -0.148. The minimum Gasteiger partial charge on any atom is -0.396 e. The standard InChI is InChI=1S/C9H11F2N3O2/c10-6-3-14(8(16)13-7(6)12)9(11)1-5(2-9)4-15/h3,5,15H,1-2,4H2,(H2,12,13,16)/t5-,9-. The van der Waals surface area contributed by atoms with Crippen LogP contribution in [0.3, 0.4) is 0 Å². The Kier molecular flexibility index (Phi) is 2.42. The molecule has 1 aliphatic rings. The molecular formula is C9H11F2N3O2. The van der Waals surface area contributed by atoms with Crippen LogP contribution < -0.4 is 11.4 Å². The smallest absolute Gasteiger partial charge is 0.352 e. The second kappa shape index (κ2) is 3.51. The molecule has 1 heterocycles. The average molecular weight is 231 g/mol. The Morgan fingerprint density at radius 3 is 2.88 bits per heavy atom. The van der Waals surface area contributed by atoms with Crippen LogP contribution in [0.25, 0.3) is 0 Å². The minimum atomic E-state index is -1.95. The summed E-state index contributed by atoms with van der Waals surface area (Å²) >= 11 is 0. The zero-order valence-corrected chi connectivity index (χ0v) is 8.36. The largest absolute Gasteiger partial charge is 0.396 e. The Bertz CT molecular complexity index is 468. The summed E-state index contributed by atoms with van der Waals surface area (Å²) in [5.74, 6) is -3.61. The van der Waals surface area contributed by atoms with Crippen LogP contribution >= 0.6 is 0 Å². The van der Waals surface area contributed by atoms with Gasteiger partial charge in [-0.25, -0.2) is 13.6 Å². The van der Waals surface area contributed by atoms with Gasteiger partial charge in [-0.1, -0.05) is 0 Å². The number of anilines is 1. The molecule has 16 heavy (non-hydrogen) atoms. The molecular weight excluding hydrogens is 220 g/mol. The number of nitrogens with two attached hydrogens (primary N) is 1. The van der Waals surface area contributed by atoms with Gasteiger partial charge in [-0.15, -0.1) is 0 Å². The summed E-state index contributed by atoms with van der Waals surface area (Å²) in [5.41, 5.74) is 4.17. The number of rotatable bonds is 2. The van der Waals surface area contributed by atoms with E-state index < -0.39 is 23.1 Å². The van der Waals surface area contributed by atoms with Crippen LogP contribution in [0, 0.1) is 11.7 Å². The van der Waals surface area contributed by atoms with E-state index in [-0.39, 0.29) is 25.4 Å². The molecule has 0 unspecified atom stereocenters. The van der Waals surface area contributed by atoms with Crippen molar-refractivity contribution in [3.63, 3.8) is 0 Å². The summed E-state index contributed by atoms with van der Waals surface area (Å²) in [6.07, 6.45) is 0.682. The van der Waals surface area contributed by atoms with Crippen molar-refractivity contribution in [2.75, 3.05) is 12.3 Å². The first kappa shape index (κ1) is 11.0. The topological polar surface area (TPSA) is 81.1 Å². The van der Waals surface area contributed by atoms with Gasteiger partial charge in [-0.2, -0.15) is 4.98 Å². The van der Waals surface area contributed by atoms with Crippen LogP contribution in [0.1, 0.15) is 12.8 Å². The van der Waals surface area contributed by atoms with E-state index in [4.69, 9.17) is 10.8 Å². The molecule has 1 aliphatic carbocycles. The van der Waals surface area contributed by atoms with E-state index in [1.54, 1.807) is 0 Å². The number of hydrogen-bond donors (Lipinski definition) is 2. The van der Waals surface area contributed by atoms with Crippen LogP contribution in [0.15, 0.2) is 11.0 Å². The lowest BCUT2D eigenvalue weighted by atomic mass is 9.78. The number of halogens is 2. The quantitative estimate of drug-likeness (QED) is 0.750. The van der Waals surface area contributed by atoms with Crippen molar-refractivity contribution < 1.29 is 13.9 Å². The maximum Gasteiger partial charge on any atom is 0.352 e. The summed E-state index contributed by atoms with van der Waals surface area (Å²) in [5, 5.41) is 8.77. The molecule has 0 radical (unpaired) electrons. The molecule has 5 nitrogen and oxygen atoms in total. The van der Waals surface area contributed by atoms with Crippen molar-refractivity contribution in [3.8, 4) is 0 Å². The Balaban J connectivity index is 2.35. The van der Waals surface area contributed by atoms with Crippen molar-refractivity contribution in [1.82, 2.24) is 9.55 Å². The molecule has 0 atom stereocenters. The van der Waals surface area contributed by atoms with Gasteiger partial charge in [0, 0.05) is 19.4 Å². The second-order valence-corrected chi connectivity index (χ2v) is 4.00. The average Bonchev–Trinajstić information content (AvgIpc) is 2.18. The molecule has 0 saturated heterocycles. The summed E-state index contributed by atoms with van der Waals surface area (Å²) in [7, 11) is 0. The lowest BCUT2D eigenvalue weighted by Crippen LogP contribution is -2.49. The first-order valence-electron chi connectivity index (χ1n) is 4.81.